The highest BCUT2D eigenvalue weighted by molar-refractivity contribution is 5.62. The van der Waals surface area contributed by atoms with Crippen molar-refractivity contribution >= 4 is 28.4 Å². The van der Waals surface area contributed by atoms with Gasteiger partial charge in [-0.3, -0.25) is 8.80 Å². The van der Waals surface area contributed by atoms with Crippen molar-refractivity contribution in [2.24, 2.45) is 0 Å². The van der Waals surface area contributed by atoms with E-state index in [1.165, 1.54) is 0 Å². The molecule has 8 aromatic heterocycles. The lowest BCUT2D eigenvalue weighted by atomic mass is 10.1. The fourth-order valence-electron chi connectivity index (χ4n) is 12.6. The number of nitrogens with zero attached hydrogens (tertiary/aromatic N) is 8. The van der Waals surface area contributed by atoms with E-state index in [1.54, 1.807) is 4.40 Å². The second-order valence-corrected chi connectivity index (χ2v) is 22.9. The van der Waals surface area contributed by atoms with Crippen LogP contribution in [0.1, 0.15) is 103 Å². The van der Waals surface area contributed by atoms with Crippen molar-refractivity contribution in [1.29, 1.82) is 0 Å². The predicted octanol–water partition coefficient (Wildman–Crippen LogP) is 10.1. The molecule has 0 bridgehead atoms. The number of nitrogen functional groups attached to an aromatic ring is 1. The van der Waals surface area contributed by atoms with Gasteiger partial charge in [0.25, 0.3) is 0 Å². The molecule has 88 heavy (non-hydrogen) atoms. The summed E-state index contributed by atoms with van der Waals surface area (Å²) in [5, 5.41) is 50.8. The molecule has 0 spiro atoms. The molecule has 4 aliphatic carbocycles. The summed E-state index contributed by atoms with van der Waals surface area (Å²) in [6.07, 6.45) is 8.49. The van der Waals surface area contributed by atoms with Gasteiger partial charge in [-0.25, -0.2) is 19.9 Å². The van der Waals surface area contributed by atoms with Crippen LogP contribution in [0.2, 0.25) is 0 Å². The minimum absolute atomic E-state index is 0.0780. The summed E-state index contributed by atoms with van der Waals surface area (Å²) in [4.78, 5) is 18.1. The molecule has 0 fully saturated rings. The fourth-order valence-corrected chi connectivity index (χ4v) is 12.6. The monoisotopic (exact) mass is 1180 g/mol. The molecule has 12 aromatic rings. The maximum absolute atomic E-state index is 10.4. The molecule has 0 amide bonds. The van der Waals surface area contributed by atoms with Crippen LogP contribution in [0, 0.1) is 34.6 Å². The Kier molecular flexibility index (Phi) is 15.7. The second-order valence-electron chi connectivity index (χ2n) is 22.9. The van der Waals surface area contributed by atoms with Gasteiger partial charge in [-0.05, 0) is 128 Å². The number of nitrogens with two attached hydrogens (primary N) is 1. The first-order valence-electron chi connectivity index (χ1n) is 29.6. The van der Waals surface area contributed by atoms with Gasteiger partial charge in [0, 0.05) is 62.4 Å². The first kappa shape index (κ1) is 57.5. The highest BCUT2D eigenvalue weighted by Gasteiger charge is 2.37. The minimum atomic E-state index is -0.568. The second kappa shape index (κ2) is 24.0. The molecule has 16 rings (SSSR count). The standard InChI is InChI=1S/C18H18N2O3.C18H18N2O2.C17H17N3O2.C17H16N2O2/c1-11-14(10-21)20-8-4-7-16(18(20)19-11)23-17-13-6-3-2-5-12(13)9-15(17)22;1-11-12(2)20-9-5-8-16(18(20)19-11)22-17-14-7-4-3-6-13(14)10-15(17)21;1-10-16(18)20-8-4-7-14(17(20)19-10)22-15-12-6-3-2-5-11(12)9-13(15)21;1-11-10-19-8-4-7-15(17(19)18-11)21-16-13-6-3-2-5-12(13)9-14(16)20/h2-8,15,17,21-22H,9-10H2,1H3;3-9,15,17,21H,10H2,1-2H3;2-8,13,15,21H,9,18H2,1H3;2-8,10,14,16,20H,9H2,1H3. The van der Waals surface area contributed by atoms with Gasteiger partial charge in [-0.15, -0.1) is 0 Å². The third kappa shape index (κ3) is 10.8. The summed E-state index contributed by atoms with van der Waals surface area (Å²) in [5.41, 5.74) is 23.0. The molecular formula is C70H69N9O9. The van der Waals surface area contributed by atoms with Crippen LogP contribution in [0.3, 0.4) is 0 Å². The van der Waals surface area contributed by atoms with Crippen LogP contribution in [0.15, 0.2) is 177 Å². The van der Waals surface area contributed by atoms with E-state index in [-0.39, 0.29) is 24.9 Å². The molecule has 8 atom stereocenters. The van der Waals surface area contributed by atoms with E-state index in [9.17, 15) is 25.5 Å². The number of aromatic nitrogens is 8. The maximum atomic E-state index is 10.4. The third-order valence-electron chi connectivity index (χ3n) is 17.1. The molecule has 7 N–H and O–H groups in total. The van der Waals surface area contributed by atoms with Crippen LogP contribution >= 0.6 is 0 Å². The summed E-state index contributed by atoms with van der Waals surface area (Å²) < 4.78 is 32.1. The Balaban J connectivity index is 0.000000108. The SMILES string of the molecule is Cc1cn2cccc(OC3c4ccccc4CC3O)c2n1.Cc1nc2c(OC3c4ccccc4CC3O)cccn2c1C.Cc1nc2c(OC3c4ccccc4CC3O)cccn2c1CO.Cc1nc2c(OC3c4ccccc4CC3O)cccn2c1N. The van der Waals surface area contributed by atoms with Gasteiger partial charge >= 0.3 is 0 Å². The zero-order valence-corrected chi connectivity index (χ0v) is 49.4. The van der Waals surface area contributed by atoms with E-state index in [4.69, 9.17) is 24.7 Å². The Hall–Kier alpha value is -9.56. The number of anilines is 1. The number of hydrogen-bond donors (Lipinski definition) is 6. The van der Waals surface area contributed by atoms with Gasteiger partial charge < -0.3 is 59.0 Å². The van der Waals surface area contributed by atoms with E-state index in [0.717, 1.165) is 90.0 Å². The fraction of sp³-hybridized carbons (Fsp3) is 0.257. The lowest BCUT2D eigenvalue weighted by molar-refractivity contribution is 0.0501. The van der Waals surface area contributed by atoms with E-state index >= 15 is 0 Å². The molecule has 0 radical (unpaired) electrons. The molecule has 448 valence electrons. The Morgan fingerprint density at radius 1 is 0.409 bits per heavy atom. The van der Waals surface area contributed by atoms with E-state index < -0.39 is 30.5 Å². The maximum Gasteiger partial charge on any atom is 0.181 e. The highest BCUT2D eigenvalue weighted by atomic mass is 16.5. The average molecular weight is 1180 g/mol. The van der Waals surface area contributed by atoms with Crippen LogP contribution in [-0.2, 0) is 32.3 Å². The first-order chi connectivity index (χ1) is 42.7. The molecule has 0 saturated heterocycles. The molecule has 8 unspecified atom stereocenters. The van der Waals surface area contributed by atoms with Crippen molar-refractivity contribution in [3.05, 3.63) is 255 Å². The number of pyridine rings is 4. The normalized spacial score (nSPS) is 20.3. The van der Waals surface area contributed by atoms with Crippen LogP contribution in [0.5, 0.6) is 23.0 Å². The van der Waals surface area contributed by atoms with Crippen molar-refractivity contribution < 1.29 is 44.5 Å². The number of rotatable bonds is 9. The highest BCUT2D eigenvalue weighted by Crippen LogP contribution is 2.41. The Morgan fingerprint density at radius 2 is 0.761 bits per heavy atom. The third-order valence-corrected chi connectivity index (χ3v) is 17.1. The molecular weight excluding hydrogens is 1110 g/mol. The molecule has 18 heteroatoms. The summed E-state index contributed by atoms with van der Waals surface area (Å²) in [7, 11) is 0. The van der Waals surface area contributed by atoms with Crippen molar-refractivity contribution in [1.82, 2.24) is 37.5 Å². The quantitative estimate of drug-likeness (QED) is 0.0790. The van der Waals surface area contributed by atoms with Crippen LogP contribution in [0.25, 0.3) is 22.6 Å². The van der Waals surface area contributed by atoms with Crippen molar-refractivity contribution in [2.45, 2.75) is 116 Å². The van der Waals surface area contributed by atoms with E-state index in [2.05, 4.69) is 19.9 Å². The van der Waals surface area contributed by atoms with Gasteiger partial charge in [0.15, 0.2) is 70.0 Å². The molecule has 4 aliphatic rings. The predicted molar refractivity (Wildman–Crippen MR) is 333 cm³/mol. The van der Waals surface area contributed by atoms with Crippen molar-refractivity contribution in [2.75, 3.05) is 5.73 Å². The van der Waals surface area contributed by atoms with E-state index in [0.29, 0.717) is 65.8 Å². The van der Waals surface area contributed by atoms with Crippen LogP contribution < -0.4 is 24.7 Å². The molecule has 0 aliphatic heterocycles. The number of fused-ring (bicyclic) bond motifs is 8. The smallest absolute Gasteiger partial charge is 0.181 e. The zero-order chi connectivity index (χ0) is 60.9. The van der Waals surface area contributed by atoms with Gasteiger partial charge in [0.1, 0.15) is 5.82 Å². The number of benzene rings is 4. The molecule has 8 heterocycles. The number of aryl methyl sites for hydroxylation is 5. The summed E-state index contributed by atoms with van der Waals surface area (Å²) in [6, 6.07) is 47.1. The topological polar surface area (TPSA) is 233 Å². The largest absolute Gasteiger partial charge is 0.479 e. The zero-order valence-electron chi connectivity index (χ0n) is 49.4. The molecule has 18 nitrogen and oxygen atoms in total. The van der Waals surface area contributed by atoms with Gasteiger partial charge in [-0.1, -0.05) is 97.1 Å². The molecule has 4 aromatic carbocycles. The van der Waals surface area contributed by atoms with Gasteiger partial charge in [0.05, 0.1) is 59.5 Å². The number of ether oxygens (including phenoxy) is 4. The van der Waals surface area contributed by atoms with Crippen molar-refractivity contribution in [3.63, 3.8) is 0 Å². The van der Waals surface area contributed by atoms with Gasteiger partial charge in [0.2, 0.25) is 0 Å². The van der Waals surface area contributed by atoms with Crippen LogP contribution in [0.4, 0.5) is 5.82 Å². The summed E-state index contributed by atoms with van der Waals surface area (Å²) in [6.45, 7) is 9.64. The lowest BCUT2D eigenvalue weighted by Crippen LogP contribution is -2.19. The lowest BCUT2D eigenvalue weighted by Gasteiger charge is -2.18. The van der Waals surface area contributed by atoms with Crippen molar-refractivity contribution in [3.8, 4) is 23.0 Å². The van der Waals surface area contributed by atoms with Crippen LogP contribution in [-0.4, -0.2) is 87.5 Å². The Labute approximate surface area is 508 Å². The Morgan fingerprint density at radius 3 is 1.20 bits per heavy atom. The minimum Gasteiger partial charge on any atom is -0.479 e. The number of imidazole rings is 4. The summed E-state index contributed by atoms with van der Waals surface area (Å²) in [5.74, 6) is 3.25. The number of hydrogen-bond acceptors (Lipinski definition) is 14. The summed E-state index contributed by atoms with van der Waals surface area (Å²) >= 11 is 0. The number of aliphatic hydroxyl groups excluding tert-OH is 5. The van der Waals surface area contributed by atoms with Gasteiger partial charge in [-0.2, -0.15) is 0 Å². The first-order valence-corrected chi connectivity index (χ1v) is 29.6. The molecule has 0 saturated carbocycles. The number of aliphatic hydroxyl groups is 5. The average Bonchev–Trinajstić information content (AvgIpc) is 2.74. The van der Waals surface area contributed by atoms with E-state index in [1.807, 2.05) is 224 Å². The Bertz CT molecular complexity index is 4390.